The van der Waals surface area contributed by atoms with E-state index in [1.165, 1.54) is 0 Å². The van der Waals surface area contributed by atoms with Crippen molar-refractivity contribution in [1.82, 2.24) is 5.43 Å². The van der Waals surface area contributed by atoms with Crippen LogP contribution in [0.5, 0.6) is 0 Å². The highest BCUT2D eigenvalue weighted by Crippen LogP contribution is 2.00. The normalized spacial score (nSPS) is 10.9. The van der Waals surface area contributed by atoms with Gasteiger partial charge in [-0.15, -0.1) is 0 Å². The van der Waals surface area contributed by atoms with Crippen molar-refractivity contribution in [3.05, 3.63) is 77.9 Å². The van der Waals surface area contributed by atoms with E-state index in [1.54, 1.807) is 24.4 Å². The lowest BCUT2D eigenvalue weighted by Gasteiger charge is -1.97. The molecule has 3 heteroatoms. The van der Waals surface area contributed by atoms with E-state index < -0.39 is 0 Å². The molecule has 0 aliphatic carbocycles. The van der Waals surface area contributed by atoms with Gasteiger partial charge in [0.1, 0.15) is 0 Å². The summed E-state index contributed by atoms with van der Waals surface area (Å²) < 4.78 is 0. The molecule has 3 nitrogen and oxygen atoms in total. The zero-order chi connectivity index (χ0) is 13.3. The van der Waals surface area contributed by atoms with Crippen molar-refractivity contribution in [2.45, 2.75) is 0 Å². The lowest BCUT2D eigenvalue weighted by Crippen LogP contribution is -2.16. The fraction of sp³-hybridized carbons (Fsp3) is 0. The highest BCUT2D eigenvalue weighted by molar-refractivity contribution is 5.94. The van der Waals surface area contributed by atoms with Crippen LogP contribution in [0.15, 0.2) is 71.8 Å². The molecule has 0 atom stereocenters. The molecule has 0 radical (unpaired) electrons. The van der Waals surface area contributed by atoms with Crippen LogP contribution < -0.4 is 5.43 Å². The largest absolute Gasteiger partial charge is 0.271 e. The Morgan fingerprint density at radius 3 is 2.26 bits per heavy atom. The van der Waals surface area contributed by atoms with Gasteiger partial charge < -0.3 is 0 Å². The molecule has 0 bridgehead atoms. The Morgan fingerprint density at radius 1 is 0.947 bits per heavy atom. The van der Waals surface area contributed by atoms with E-state index in [1.807, 2.05) is 54.6 Å². The van der Waals surface area contributed by atoms with Crippen molar-refractivity contribution in [3.63, 3.8) is 0 Å². The standard InChI is InChI=1S/C16H14N2O/c19-16(15-11-5-2-6-12-15)18-17-13-7-10-14-8-3-1-4-9-14/h1-13H,(H,18,19). The number of benzene rings is 2. The smallest absolute Gasteiger partial charge is 0.267 e. The maximum absolute atomic E-state index is 11.6. The topological polar surface area (TPSA) is 41.5 Å². The van der Waals surface area contributed by atoms with Crippen LogP contribution in [0.1, 0.15) is 15.9 Å². The fourth-order valence-corrected chi connectivity index (χ4v) is 1.51. The first-order chi connectivity index (χ1) is 9.36. The molecule has 2 aromatic rings. The number of carbonyl (C=O) groups is 1. The second kappa shape index (κ2) is 6.91. The molecule has 2 rings (SSSR count). The number of allylic oxidation sites excluding steroid dienone is 1. The van der Waals surface area contributed by atoms with Crippen LogP contribution in [-0.4, -0.2) is 12.1 Å². The number of hydrazone groups is 1. The van der Waals surface area contributed by atoms with Crippen LogP contribution in [0, 0.1) is 0 Å². The predicted molar refractivity (Wildman–Crippen MR) is 77.9 cm³/mol. The zero-order valence-corrected chi connectivity index (χ0v) is 10.4. The van der Waals surface area contributed by atoms with E-state index in [2.05, 4.69) is 10.5 Å². The minimum Gasteiger partial charge on any atom is -0.267 e. The molecule has 0 aromatic heterocycles. The molecule has 1 N–H and O–H groups in total. The third kappa shape index (κ3) is 4.24. The average Bonchev–Trinajstić information content (AvgIpc) is 2.49. The first-order valence-corrected chi connectivity index (χ1v) is 5.96. The van der Waals surface area contributed by atoms with Crippen molar-refractivity contribution >= 4 is 18.2 Å². The number of nitrogens with zero attached hydrogens (tertiary/aromatic N) is 1. The molecule has 0 saturated heterocycles. The van der Waals surface area contributed by atoms with Gasteiger partial charge in [-0.2, -0.15) is 5.10 Å². The number of carbonyl (C=O) groups excluding carboxylic acids is 1. The summed E-state index contributed by atoms with van der Waals surface area (Å²) in [6.07, 6.45) is 5.24. The van der Waals surface area contributed by atoms with Gasteiger partial charge in [0.15, 0.2) is 0 Å². The zero-order valence-electron chi connectivity index (χ0n) is 10.4. The Balaban J connectivity index is 1.84. The molecule has 0 heterocycles. The van der Waals surface area contributed by atoms with Crippen LogP contribution in [-0.2, 0) is 0 Å². The SMILES string of the molecule is O=C(NN=CC=Cc1ccccc1)c1ccccc1. The second-order valence-electron chi connectivity index (χ2n) is 3.85. The van der Waals surface area contributed by atoms with Crippen LogP contribution in [0.4, 0.5) is 0 Å². The molecular formula is C16H14N2O. The van der Waals surface area contributed by atoms with E-state index in [9.17, 15) is 4.79 Å². The van der Waals surface area contributed by atoms with Crippen molar-refractivity contribution in [2.75, 3.05) is 0 Å². The van der Waals surface area contributed by atoms with Gasteiger partial charge >= 0.3 is 0 Å². The first-order valence-electron chi connectivity index (χ1n) is 5.96. The Bertz CT molecular complexity index is 574. The average molecular weight is 250 g/mol. The van der Waals surface area contributed by atoms with E-state index in [0.717, 1.165) is 5.56 Å². The van der Waals surface area contributed by atoms with Crippen LogP contribution >= 0.6 is 0 Å². The van der Waals surface area contributed by atoms with Gasteiger partial charge in [0, 0.05) is 11.8 Å². The van der Waals surface area contributed by atoms with Crippen molar-refractivity contribution in [1.29, 1.82) is 0 Å². The molecule has 1 amide bonds. The highest BCUT2D eigenvalue weighted by atomic mass is 16.2. The fourth-order valence-electron chi connectivity index (χ4n) is 1.51. The summed E-state index contributed by atoms with van der Waals surface area (Å²) in [4.78, 5) is 11.6. The third-order valence-corrected chi connectivity index (χ3v) is 2.45. The summed E-state index contributed by atoms with van der Waals surface area (Å²) in [5, 5.41) is 3.85. The molecule has 0 unspecified atom stereocenters. The lowest BCUT2D eigenvalue weighted by atomic mass is 10.2. The first kappa shape index (κ1) is 12.8. The van der Waals surface area contributed by atoms with Gasteiger partial charge in [-0.3, -0.25) is 4.79 Å². The van der Waals surface area contributed by atoms with Crippen LogP contribution in [0.3, 0.4) is 0 Å². The summed E-state index contributed by atoms with van der Waals surface area (Å²) in [7, 11) is 0. The summed E-state index contributed by atoms with van der Waals surface area (Å²) in [6.45, 7) is 0. The summed E-state index contributed by atoms with van der Waals surface area (Å²) in [5.74, 6) is -0.218. The Hall–Kier alpha value is -2.68. The molecule has 2 aromatic carbocycles. The molecule has 0 aliphatic heterocycles. The molecular weight excluding hydrogens is 236 g/mol. The van der Waals surface area contributed by atoms with Gasteiger partial charge in [0.25, 0.3) is 5.91 Å². The van der Waals surface area contributed by atoms with Gasteiger partial charge in [0.05, 0.1) is 0 Å². The van der Waals surface area contributed by atoms with E-state index in [4.69, 9.17) is 0 Å². The van der Waals surface area contributed by atoms with Crippen LogP contribution in [0.25, 0.3) is 6.08 Å². The lowest BCUT2D eigenvalue weighted by molar-refractivity contribution is 0.0955. The van der Waals surface area contributed by atoms with Gasteiger partial charge in [-0.05, 0) is 23.8 Å². The third-order valence-electron chi connectivity index (χ3n) is 2.45. The maximum Gasteiger partial charge on any atom is 0.271 e. The van der Waals surface area contributed by atoms with Crippen molar-refractivity contribution < 1.29 is 4.79 Å². The number of hydrogen-bond acceptors (Lipinski definition) is 2. The number of nitrogens with one attached hydrogen (secondary N) is 1. The van der Waals surface area contributed by atoms with E-state index in [0.29, 0.717) is 5.56 Å². The quantitative estimate of drug-likeness (QED) is 0.657. The van der Waals surface area contributed by atoms with Crippen molar-refractivity contribution in [3.8, 4) is 0 Å². The van der Waals surface area contributed by atoms with E-state index >= 15 is 0 Å². The Labute approximate surface area is 112 Å². The number of amides is 1. The molecule has 0 aliphatic rings. The maximum atomic E-state index is 11.6. The monoisotopic (exact) mass is 250 g/mol. The Morgan fingerprint density at radius 2 is 1.58 bits per heavy atom. The molecule has 0 spiro atoms. The minimum absolute atomic E-state index is 0.218. The molecule has 0 saturated carbocycles. The van der Waals surface area contributed by atoms with Crippen molar-refractivity contribution in [2.24, 2.45) is 5.10 Å². The minimum atomic E-state index is -0.218. The molecule has 0 fully saturated rings. The summed E-state index contributed by atoms with van der Waals surface area (Å²) in [6, 6.07) is 18.9. The number of rotatable bonds is 4. The van der Waals surface area contributed by atoms with E-state index in [-0.39, 0.29) is 5.91 Å². The summed E-state index contributed by atoms with van der Waals surface area (Å²) >= 11 is 0. The number of hydrogen-bond donors (Lipinski definition) is 1. The van der Waals surface area contributed by atoms with Gasteiger partial charge in [-0.1, -0.05) is 54.6 Å². The summed E-state index contributed by atoms with van der Waals surface area (Å²) in [5.41, 5.74) is 4.14. The van der Waals surface area contributed by atoms with Gasteiger partial charge in [0.2, 0.25) is 0 Å². The van der Waals surface area contributed by atoms with Crippen LogP contribution in [0.2, 0.25) is 0 Å². The second-order valence-corrected chi connectivity index (χ2v) is 3.85. The molecule has 19 heavy (non-hydrogen) atoms. The Kier molecular flexibility index (Phi) is 4.64. The predicted octanol–water partition coefficient (Wildman–Crippen LogP) is 3.12. The highest BCUT2D eigenvalue weighted by Gasteiger charge is 2.00. The molecule has 94 valence electrons. The van der Waals surface area contributed by atoms with Gasteiger partial charge in [-0.25, -0.2) is 5.43 Å².